The molecule has 4 nitrogen and oxygen atoms in total. The Morgan fingerprint density at radius 1 is 0.967 bits per heavy atom. The van der Waals surface area contributed by atoms with Gasteiger partial charge in [-0.1, -0.05) is 60.2 Å². The molecule has 0 atom stereocenters. The predicted molar refractivity (Wildman–Crippen MR) is 122 cm³/mol. The van der Waals surface area contributed by atoms with Crippen LogP contribution in [0.5, 0.6) is 0 Å². The summed E-state index contributed by atoms with van der Waals surface area (Å²) < 4.78 is 0. The molecule has 1 aliphatic carbocycles. The topological polar surface area (TPSA) is 54.9 Å². The first-order chi connectivity index (χ1) is 14.7. The molecule has 0 aliphatic heterocycles. The van der Waals surface area contributed by atoms with Gasteiger partial charge in [-0.05, 0) is 42.3 Å². The minimum Gasteiger partial charge on any atom is -0.309 e. The number of benzene rings is 2. The number of amides is 1. The van der Waals surface area contributed by atoms with Gasteiger partial charge in [0.15, 0.2) is 5.82 Å². The smallest absolute Gasteiger partial charge is 0.230 e. The zero-order valence-corrected chi connectivity index (χ0v) is 17.5. The second kappa shape index (κ2) is 7.84. The molecule has 30 heavy (non-hydrogen) atoms. The van der Waals surface area contributed by atoms with E-state index in [1.165, 1.54) is 11.1 Å². The standard InChI is InChI=1S/C25H21N3OS/c1-16-8-10-17(11-9-16)15-22(29)27-25-24(21-7-4-14-30-21)28-23-19-6-3-2-5-18(19)12-13-20(23)26-25/h2-11,14H,12-13,15H2,1H3,(H,26,27,29). The molecule has 1 aliphatic rings. The summed E-state index contributed by atoms with van der Waals surface area (Å²) >= 11 is 1.60. The molecule has 2 aromatic carbocycles. The lowest BCUT2D eigenvalue weighted by atomic mass is 9.92. The number of aromatic nitrogens is 2. The van der Waals surface area contributed by atoms with Crippen molar-refractivity contribution in [2.24, 2.45) is 0 Å². The third-order valence-corrected chi connectivity index (χ3v) is 6.25. The van der Waals surface area contributed by atoms with E-state index in [9.17, 15) is 4.79 Å². The summed E-state index contributed by atoms with van der Waals surface area (Å²) in [5, 5.41) is 5.05. The number of fused-ring (bicyclic) bond motifs is 3. The maximum atomic E-state index is 12.8. The number of nitrogens with zero attached hydrogens (tertiary/aromatic N) is 2. The average Bonchev–Trinajstić information content (AvgIpc) is 3.29. The number of hydrogen-bond donors (Lipinski definition) is 1. The van der Waals surface area contributed by atoms with Crippen LogP contribution < -0.4 is 5.32 Å². The number of carbonyl (C=O) groups is 1. The van der Waals surface area contributed by atoms with Crippen molar-refractivity contribution < 1.29 is 4.79 Å². The molecule has 0 unspecified atom stereocenters. The zero-order valence-electron chi connectivity index (χ0n) is 16.7. The van der Waals surface area contributed by atoms with E-state index in [1.807, 2.05) is 54.8 Å². The van der Waals surface area contributed by atoms with Gasteiger partial charge in [0.1, 0.15) is 5.69 Å². The van der Waals surface area contributed by atoms with Crippen molar-refractivity contribution in [1.29, 1.82) is 0 Å². The lowest BCUT2D eigenvalue weighted by molar-refractivity contribution is -0.115. The first-order valence-corrected chi connectivity index (χ1v) is 10.9. The minimum atomic E-state index is -0.0814. The van der Waals surface area contributed by atoms with Gasteiger partial charge in [0.2, 0.25) is 5.91 Å². The fraction of sp³-hybridized carbons (Fsp3) is 0.160. The molecular formula is C25H21N3OS. The highest BCUT2D eigenvalue weighted by Crippen LogP contribution is 2.36. The van der Waals surface area contributed by atoms with E-state index in [-0.39, 0.29) is 5.91 Å². The van der Waals surface area contributed by atoms with Gasteiger partial charge in [0.25, 0.3) is 0 Å². The summed E-state index contributed by atoms with van der Waals surface area (Å²) in [7, 11) is 0. The first-order valence-electron chi connectivity index (χ1n) is 10.1. The molecule has 0 radical (unpaired) electrons. The van der Waals surface area contributed by atoms with Crippen LogP contribution in [0.15, 0.2) is 66.0 Å². The van der Waals surface area contributed by atoms with E-state index in [2.05, 4.69) is 23.5 Å². The Morgan fingerprint density at radius 3 is 2.60 bits per heavy atom. The van der Waals surface area contributed by atoms with Gasteiger partial charge in [-0.2, -0.15) is 0 Å². The van der Waals surface area contributed by atoms with Gasteiger partial charge >= 0.3 is 0 Å². The summed E-state index contributed by atoms with van der Waals surface area (Å²) in [5.41, 5.74) is 7.21. The van der Waals surface area contributed by atoms with Crippen molar-refractivity contribution in [2.75, 3.05) is 5.32 Å². The lowest BCUT2D eigenvalue weighted by Gasteiger charge is -2.20. The van der Waals surface area contributed by atoms with Crippen LogP contribution in [0.4, 0.5) is 5.82 Å². The third-order valence-electron chi connectivity index (χ3n) is 5.37. The van der Waals surface area contributed by atoms with Crippen LogP contribution in [0.3, 0.4) is 0 Å². The fourth-order valence-corrected chi connectivity index (χ4v) is 4.54. The quantitative estimate of drug-likeness (QED) is 0.485. The summed E-state index contributed by atoms with van der Waals surface area (Å²) in [4.78, 5) is 23.7. The molecule has 1 amide bonds. The SMILES string of the molecule is Cc1ccc(CC(=O)Nc2nc3c(nc2-c2cccs2)-c2ccccc2CC3)cc1. The van der Waals surface area contributed by atoms with Gasteiger partial charge < -0.3 is 5.32 Å². The molecule has 0 fully saturated rings. The number of hydrogen-bond acceptors (Lipinski definition) is 4. The minimum absolute atomic E-state index is 0.0814. The Bertz CT molecular complexity index is 1210. The summed E-state index contributed by atoms with van der Waals surface area (Å²) in [6, 6.07) is 20.4. The van der Waals surface area contributed by atoms with Crippen LogP contribution in [-0.4, -0.2) is 15.9 Å². The lowest BCUT2D eigenvalue weighted by Crippen LogP contribution is -2.18. The monoisotopic (exact) mass is 411 g/mol. The molecule has 4 aromatic rings. The van der Waals surface area contributed by atoms with Crippen LogP contribution in [0.25, 0.3) is 21.8 Å². The number of carbonyl (C=O) groups excluding carboxylic acids is 1. The molecule has 2 aromatic heterocycles. The van der Waals surface area contributed by atoms with Gasteiger partial charge in [0, 0.05) is 5.56 Å². The van der Waals surface area contributed by atoms with E-state index in [0.717, 1.165) is 45.9 Å². The van der Waals surface area contributed by atoms with Crippen LogP contribution in [0, 0.1) is 6.92 Å². The van der Waals surface area contributed by atoms with Crippen LogP contribution in [0.2, 0.25) is 0 Å². The average molecular weight is 412 g/mol. The molecule has 0 saturated carbocycles. The zero-order chi connectivity index (χ0) is 20.5. The molecule has 5 heteroatoms. The summed E-state index contributed by atoms with van der Waals surface area (Å²) in [5.74, 6) is 0.467. The van der Waals surface area contributed by atoms with Crippen LogP contribution in [0.1, 0.15) is 22.4 Å². The van der Waals surface area contributed by atoms with Crippen molar-refractivity contribution in [3.05, 3.63) is 88.4 Å². The van der Waals surface area contributed by atoms with Crippen molar-refractivity contribution in [2.45, 2.75) is 26.2 Å². The fourth-order valence-electron chi connectivity index (χ4n) is 3.82. The number of nitrogens with one attached hydrogen (secondary N) is 1. The maximum absolute atomic E-state index is 12.8. The number of thiophene rings is 1. The number of aryl methyl sites for hydroxylation is 3. The van der Waals surface area contributed by atoms with Crippen molar-refractivity contribution in [3.8, 4) is 21.8 Å². The van der Waals surface area contributed by atoms with Crippen molar-refractivity contribution in [3.63, 3.8) is 0 Å². The predicted octanol–water partition coefficient (Wildman–Crippen LogP) is 5.46. The highest BCUT2D eigenvalue weighted by molar-refractivity contribution is 7.13. The molecule has 148 valence electrons. The third kappa shape index (κ3) is 3.64. The largest absolute Gasteiger partial charge is 0.309 e. The Balaban J connectivity index is 1.52. The molecule has 0 saturated heterocycles. The van der Waals surface area contributed by atoms with Crippen LogP contribution >= 0.6 is 11.3 Å². The molecular weight excluding hydrogens is 390 g/mol. The molecule has 5 rings (SSSR count). The molecule has 1 N–H and O–H groups in total. The highest BCUT2D eigenvalue weighted by atomic mass is 32.1. The highest BCUT2D eigenvalue weighted by Gasteiger charge is 2.23. The Morgan fingerprint density at radius 2 is 1.80 bits per heavy atom. The normalized spacial score (nSPS) is 12.2. The van der Waals surface area contributed by atoms with Gasteiger partial charge in [-0.3, -0.25) is 4.79 Å². The first kappa shape index (κ1) is 18.7. The summed E-state index contributed by atoms with van der Waals surface area (Å²) in [6.07, 6.45) is 2.07. The Kier molecular flexibility index (Phi) is 4.89. The maximum Gasteiger partial charge on any atom is 0.230 e. The van der Waals surface area contributed by atoms with Crippen molar-refractivity contribution >= 4 is 23.1 Å². The van der Waals surface area contributed by atoms with Gasteiger partial charge in [-0.15, -0.1) is 11.3 Å². The van der Waals surface area contributed by atoms with Gasteiger partial charge in [-0.25, -0.2) is 9.97 Å². The molecule has 0 bridgehead atoms. The Hall–Kier alpha value is -3.31. The molecule has 0 spiro atoms. The van der Waals surface area contributed by atoms with E-state index in [4.69, 9.17) is 9.97 Å². The Labute approximate surface area is 179 Å². The second-order valence-corrected chi connectivity index (χ2v) is 8.51. The molecule has 2 heterocycles. The van der Waals surface area contributed by atoms with Crippen LogP contribution in [-0.2, 0) is 24.1 Å². The van der Waals surface area contributed by atoms with E-state index >= 15 is 0 Å². The second-order valence-electron chi connectivity index (χ2n) is 7.56. The van der Waals surface area contributed by atoms with Crippen molar-refractivity contribution in [1.82, 2.24) is 9.97 Å². The van der Waals surface area contributed by atoms with E-state index < -0.39 is 0 Å². The van der Waals surface area contributed by atoms with Gasteiger partial charge in [0.05, 0.1) is 22.7 Å². The summed E-state index contributed by atoms with van der Waals surface area (Å²) in [6.45, 7) is 2.04. The number of anilines is 1. The van der Waals surface area contributed by atoms with E-state index in [0.29, 0.717) is 12.2 Å². The number of rotatable bonds is 4. The van der Waals surface area contributed by atoms with E-state index in [1.54, 1.807) is 11.3 Å².